The Morgan fingerprint density at radius 2 is 1.97 bits per heavy atom. The molecule has 2 aromatic carbocycles. The Kier molecular flexibility index (Phi) is 5.36. The number of benzene rings is 2. The second-order valence-electron chi connectivity index (χ2n) is 7.28. The van der Waals surface area contributed by atoms with Crippen molar-refractivity contribution in [3.05, 3.63) is 69.4 Å². The molecule has 1 atom stereocenters. The van der Waals surface area contributed by atoms with Crippen LogP contribution in [0.5, 0.6) is 0 Å². The van der Waals surface area contributed by atoms with Gasteiger partial charge in [0.25, 0.3) is 5.91 Å². The molecule has 29 heavy (non-hydrogen) atoms. The average Bonchev–Trinajstić information content (AvgIpc) is 3.20. The summed E-state index contributed by atoms with van der Waals surface area (Å²) < 4.78 is 30.0. The lowest BCUT2D eigenvalue weighted by Crippen LogP contribution is -2.40. The van der Waals surface area contributed by atoms with E-state index in [0.717, 1.165) is 10.9 Å². The lowest BCUT2D eigenvalue weighted by atomic mass is 10.1. The molecule has 1 fully saturated rings. The van der Waals surface area contributed by atoms with Gasteiger partial charge in [0.2, 0.25) is 0 Å². The maximum atomic E-state index is 13.5. The third-order valence-corrected chi connectivity index (χ3v) is 7.64. The van der Waals surface area contributed by atoms with Gasteiger partial charge < -0.3 is 9.32 Å². The number of halogens is 2. The van der Waals surface area contributed by atoms with Crippen LogP contribution in [0, 0.1) is 6.92 Å². The van der Waals surface area contributed by atoms with Gasteiger partial charge >= 0.3 is 0 Å². The Morgan fingerprint density at radius 1 is 1.21 bits per heavy atom. The van der Waals surface area contributed by atoms with Crippen molar-refractivity contribution in [3.8, 4) is 0 Å². The lowest BCUT2D eigenvalue weighted by Gasteiger charge is -2.28. The zero-order chi connectivity index (χ0) is 20.8. The van der Waals surface area contributed by atoms with E-state index < -0.39 is 15.9 Å². The molecule has 5 nitrogen and oxygen atoms in total. The number of nitrogens with zero attached hydrogens (tertiary/aromatic N) is 1. The molecule has 0 radical (unpaired) electrons. The summed E-state index contributed by atoms with van der Waals surface area (Å²) in [4.78, 5) is 15.0. The van der Waals surface area contributed by atoms with Crippen LogP contribution in [-0.4, -0.2) is 36.8 Å². The van der Waals surface area contributed by atoms with Gasteiger partial charge in [-0.05, 0) is 37.1 Å². The predicted octanol–water partition coefficient (Wildman–Crippen LogP) is 4.88. The van der Waals surface area contributed by atoms with Crippen molar-refractivity contribution < 1.29 is 17.6 Å². The number of amides is 1. The van der Waals surface area contributed by atoms with E-state index in [1.807, 2.05) is 25.1 Å². The molecule has 0 aliphatic carbocycles. The highest BCUT2D eigenvalue weighted by atomic mass is 35.5. The maximum Gasteiger partial charge on any atom is 0.290 e. The first-order chi connectivity index (χ1) is 13.7. The van der Waals surface area contributed by atoms with Crippen molar-refractivity contribution in [2.75, 3.05) is 11.5 Å². The van der Waals surface area contributed by atoms with Crippen LogP contribution in [-0.2, 0) is 16.4 Å². The van der Waals surface area contributed by atoms with E-state index in [9.17, 15) is 13.2 Å². The fraction of sp³-hybridized carbons (Fsp3) is 0.286. The van der Waals surface area contributed by atoms with Crippen LogP contribution in [0.3, 0.4) is 0 Å². The molecule has 2 heterocycles. The summed E-state index contributed by atoms with van der Waals surface area (Å²) in [7, 11) is -3.18. The number of aryl methyl sites for hydroxylation is 1. The quantitative estimate of drug-likeness (QED) is 0.566. The van der Waals surface area contributed by atoms with E-state index in [0.29, 0.717) is 27.6 Å². The zero-order valence-electron chi connectivity index (χ0n) is 15.7. The molecule has 1 aliphatic rings. The van der Waals surface area contributed by atoms with Crippen LogP contribution in [0.1, 0.15) is 28.1 Å². The molecule has 1 aliphatic heterocycles. The van der Waals surface area contributed by atoms with Gasteiger partial charge in [-0.2, -0.15) is 0 Å². The number of carbonyl (C=O) groups is 1. The minimum absolute atomic E-state index is 0.0644. The summed E-state index contributed by atoms with van der Waals surface area (Å²) in [6.07, 6.45) is 0.387. The summed E-state index contributed by atoms with van der Waals surface area (Å²) in [6.45, 7) is 2.00. The number of hydrogen-bond donors (Lipinski definition) is 0. The minimum atomic E-state index is -3.18. The molecule has 152 valence electrons. The highest BCUT2D eigenvalue weighted by Crippen LogP contribution is 2.30. The van der Waals surface area contributed by atoms with E-state index in [2.05, 4.69) is 0 Å². The van der Waals surface area contributed by atoms with E-state index in [-0.39, 0.29) is 29.7 Å². The molecule has 1 amide bonds. The highest BCUT2D eigenvalue weighted by Gasteiger charge is 2.37. The number of para-hydroxylation sites is 1. The molecule has 3 aromatic rings. The number of rotatable bonds is 4. The second kappa shape index (κ2) is 7.67. The van der Waals surface area contributed by atoms with Crippen LogP contribution in [0.2, 0.25) is 10.0 Å². The Labute approximate surface area is 179 Å². The number of sulfone groups is 1. The fourth-order valence-electron chi connectivity index (χ4n) is 3.73. The highest BCUT2D eigenvalue weighted by molar-refractivity contribution is 7.91. The largest absolute Gasteiger partial charge is 0.451 e. The van der Waals surface area contributed by atoms with Crippen molar-refractivity contribution in [1.29, 1.82) is 0 Å². The van der Waals surface area contributed by atoms with Gasteiger partial charge in [0.1, 0.15) is 5.58 Å². The fourth-order valence-corrected chi connectivity index (χ4v) is 5.93. The maximum absolute atomic E-state index is 13.5. The lowest BCUT2D eigenvalue weighted by molar-refractivity contribution is 0.0649. The first-order valence-electron chi connectivity index (χ1n) is 9.18. The molecule has 8 heteroatoms. The molecule has 0 bridgehead atoms. The topological polar surface area (TPSA) is 67.6 Å². The first kappa shape index (κ1) is 20.3. The normalized spacial score (nSPS) is 18.2. The van der Waals surface area contributed by atoms with Gasteiger partial charge in [-0.3, -0.25) is 4.79 Å². The molecule has 0 N–H and O–H groups in total. The molecule has 1 aromatic heterocycles. The van der Waals surface area contributed by atoms with Crippen molar-refractivity contribution >= 4 is 49.9 Å². The van der Waals surface area contributed by atoms with Gasteiger partial charge in [-0.15, -0.1) is 0 Å². The van der Waals surface area contributed by atoms with Gasteiger partial charge in [0.15, 0.2) is 15.6 Å². The Hall–Kier alpha value is -2.02. The number of carbonyl (C=O) groups excluding carboxylic acids is 1. The van der Waals surface area contributed by atoms with E-state index in [1.54, 1.807) is 29.2 Å². The van der Waals surface area contributed by atoms with Crippen LogP contribution in [0.4, 0.5) is 0 Å². The van der Waals surface area contributed by atoms with Crippen molar-refractivity contribution in [2.45, 2.75) is 25.9 Å². The Bertz CT molecular complexity index is 1200. The van der Waals surface area contributed by atoms with Crippen molar-refractivity contribution in [3.63, 3.8) is 0 Å². The van der Waals surface area contributed by atoms with E-state index >= 15 is 0 Å². The Morgan fingerprint density at radius 3 is 2.62 bits per heavy atom. The second-order valence-corrected chi connectivity index (χ2v) is 10.4. The van der Waals surface area contributed by atoms with Gasteiger partial charge in [0, 0.05) is 33.6 Å². The molecule has 1 unspecified atom stereocenters. The molecular weight excluding hydrogens is 433 g/mol. The number of hydrogen-bond acceptors (Lipinski definition) is 4. The van der Waals surface area contributed by atoms with Crippen LogP contribution >= 0.6 is 23.2 Å². The van der Waals surface area contributed by atoms with Crippen LogP contribution < -0.4 is 0 Å². The summed E-state index contributed by atoms with van der Waals surface area (Å²) >= 11 is 12.3. The summed E-state index contributed by atoms with van der Waals surface area (Å²) in [5.74, 6) is -0.120. The van der Waals surface area contributed by atoms with Crippen molar-refractivity contribution in [2.24, 2.45) is 0 Å². The summed E-state index contributed by atoms with van der Waals surface area (Å²) in [6, 6.07) is 12.0. The van der Waals surface area contributed by atoms with Gasteiger partial charge in [0.05, 0.1) is 11.5 Å². The van der Waals surface area contributed by atoms with Crippen LogP contribution in [0.25, 0.3) is 11.0 Å². The van der Waals surface area contributed by atoms with E-state index in [4.69, 9.17) is 27.6 Å². The predicted molar refractivity (Wildman–Crippen MR) is 114 cm³/mol. The standard InChI is InChI=1S/C21H19Cl2NO4S/c1-13-17-4-2-3-5-19(17)28-20(13)21(25)24(16-8-9-29(26,27)12-16)11-14-6-7-15(22)10-18(14)23/h2-7,10,16H,8-9,11-12H2,1H3. The Balaban J connectivity index is 1.74. The summed E-state index contributed by atoms with van der Waals surface area (Å²) in [5, 5.41) is 1.78. The SMILES string of the molecule is Cc1c(C(=O)N(Cc2ccc(Cl)cc2Cl)C2CCS(=O)(=O)C2)oc2ccccc12. The number of furan rings is 1. The molecule has 4 rings (SSSR count). The first-order valence-corrected chi connectivity index (χ1v) is 11.8. The van der Waals surface area contributed by atoms with Crippen molar-refractivity contribution in [1.82, 2.24) is 4.90 Å². The third-order valence-electron chi connectivity index (χ3n) is 5.30. The zero-order valence-corrected chi connectivity index (χ0v) is 18.0. The van der Waals surface area contributed by atoms with Gasteiger partial charge in [-0.25, -0.2) is 8.42 Å². The van der Waals surface area contributed by atoms with Crippen LogP contribution in [0.15, 0.2) is 46.9 Å². The smallest absolute Gasteiger partial charge is 0.290 e. The summed E-state index contributed by atoms with van der Waals surface area (Å²) in [5.41, 5.74) is 2.05. The van der Waals surface area contributed by atoms with E-state index in [1.165, 1.54) is 0 Å². The average molecular weight is 452 g/mol. The third kappa shape index (κ3) is 4.02. The number of fused-ring (bicyclic) bond motifs is 1. The molecular formula is C21H19Cl2NO4S. The minimum Gasteiger partial charge on any atom is -0.451 e. The monoisotopic (exact) mass is 451 g/mol. The van der Waals surface area contributed by atoms with Gasteiger partial charge in [-0.1, -0.05) is 47.5 Å². The molecule has 1 saturated heterocycles. The molecule has 0 saturated carbocycles. The molecule has 0 spiro atoms.